The number of rotatable bonds is 5. The van der Waals surface area contributed by atoms with Crippen molar-refractivity contribution in [1.82, 2.24) is 8.61 Å². The average Bonchev–Trinajstić information content (AvgIpc) is 3.09. The summed E-state index contributed by atoms with van der Waals surface area (Å²) in [6, 6.07) is 10.5. The van der Waals surface area contributed by atoms with Crippen molar-refractivity contribution in [3.8, 4) is 0 Å². The molecule has 2 heterocycles. The zero-order valence-corrected chi connectivity index (χ0v) is 14.0. The molecular weight excluding hydrogens is 296 g/mol. The zero-order chi connectivity index (χ0) is 15.4. The Morgan fingerprint density at radius 1 is 0.955 bits per heavy atom. The number of hydrogen-bond acceptors (Lipinski definition) is 2. The lowest BCUT2D eigenvalue weighted by Gasteiger charge is -2.37. The van der Waals surface area contributed by atoms with Gasteiger partial charge in [-0.05, 0) is 44.1 Å². The Hall–Kier alpha value is -0.910. The van der Waals surface area contributed by atoms with E-state index in [1.54, 1.807) is 8.61 Å². The van der Waals surface area contributed by atoms with E-state index in [1.807, 2.05) is 6.07 Å². The van der Waals surface area contributed by atoms with Crippen molar-refractivity contribution >= 4 is 10.2 Å². The average molecular weight is 322 g/mol. The Labute approximate surface area is 134 Å². The van der Waals surface area contributed by atoms with Crippen LogP contribution in [0.15, 0.2) is 30.3 Å². The van der Waals surface area contributed by atoms with Crippen LogP contribution in [0.3, 0.4) is 0 Å². The van der Waals surface area contributed by atoms with Crippen LogP contribution in [0.2, 0.25) is 0 Å². The molecule has 0 unspecified atom stereocenters. The second-order valence-corrected chi connectivity index (χ2v) is 8.28. The molecule has 1 atom stereocenters. The van der Waals surface area contributed by atoms with Crippen molar-refractivity contribution in [3.05, 3.63) is 35.9 Å². The Kier molecular flexibility index (Phi) is 5.16. The highest BCUT2D eigenvalue weighted by Crippen LogP contribution is 2.27. The van der Waals surface area contributed by atoms with E-state index in [1.165, 1.54) is 5.56 Å². The van der Waals surface area contributed by atoms with E-state index in [9.17, 15) is 8.42 Å². The Morgan fingerprint density at radius 3 is 2.36 bits per heavy atom. The van der Waals surface area contributed by atoms with E-state index in [0.717, 1.165) is 44.9 Å². The lowest BCUT2D eigenvalue weighted by molar-refractivity contribution is 0.226. The van der Waals surface area contributed by atoms with Crippen LogP contribution < -0.4 is 0 Å². The predicted octanol–water partition coefficient (Wildman–Crippen LogP) is 2.81. The summed E-state index contributed by atoms with van der Waals surface area (Å²) in [4.78, 5) is 0. The van der Waals surface area contributed by atoms with Crippen molar-refractivity contribution < 1.29 is 8.42 Å². The van der Waals surface area contributed by atoms with Gasteiger partial charge in [0, 0.05) is 25.7 Å². The van der Waals surface area contributed by atoms with Gasteiger partial charge in [0.1, 0.15) is 0 Å². The Bertz CT molecular complexity index is 568. The summed E-state index contributed by atoms with van der Waals surface area (Å²) < 4.78 is 29.2. The van der Waals surface area contributed by atoms with Gasteiger partial charge >= 0.3 is 0 Å². The first-order valence-corrected chi connectivity index (χ1v) is 9.88. The molecule has 0 amide bonds. The smallest absolute Gasteiger partial charge is 0.195 e. The first-order chi connectivity index (χ1) is 10.7. The number of hydrogen-bond donors (Lipinski definition) is 0. The molecule has 122 valence electrons. The molecule has 0 radical (unpaired) electrons. The van der Waals surface area contributed by atoms with Gasteiger partial charge in [-0.1, -0.05) is 36.8 Å². The molecule has 3 rings (SSSR count). The van der Waals surface area contributed by atoms with Crippen LogP contribution in [0, 0.1) is 0 Å². The first-order valence-electron chi connectivity index (χ1n) is 8.49. The molecule has 4 nitrogen and oxygen atoms in total. The molecule has 2 saturated heterocycles. The largest absolute Gasteiger partial charge is 0.282 e. The van der Waals surface area contributed by atoms with Crippen LogP contribution >= 0.6 is 0 Å². The maximum absolute atomic E-state index is 12.9. The highest BCUT2D eigenvalue weighted by atomic mass is 32.2. The zero-order valence-electron chi connectivity index (χ0n) is 13.2. The molecule has 0 spiro atoms. The van der Waals surface area contributed by atoms with Crippen LogP contribution in [0.1, 0.15) is 44.1 Å². The minimum absolute atomic E-state index is 0.166. The molecule has 0 aliphatic carbocycles. The van der Waals surface area contributed by atoms with Crippen molar-refractivity contribution in [2.45, 2.75) is 51.0 Å². The molecule has 0 saturated carbocycles. The van der Waals surface area contributed by atoms with Crippen LogP contribution in [0.4, 0.5) is 0 Å². The lowest BCUT2D eigenvalue weighted by Crippen LogP contribution is -2.50. The molecule has 1 aromatic carbocycles. The quantitative estimate of drug-likeness (QED) is 0.836. The van der Waals surface area contributed by atoms with Crippen molar-refractivity contribution in [3.63, 3.8) is 0 Å². The summed E-state index contributed by atoms with van der Waals surface area (Å²) in [5.74, 6) is 0. The number of aryl methyl sites for hydroxylation is 1. The van der Waals surface area contributed by atoms with E-state index in [2.05, 4.69) is 24.3 Å². The third-order valence-corrected chi connectivity index (χ3v) is 6.96. The van der Waals surface area contributed by atoms with Crippen LogP contribution in [0.5, 0.6) is 0 Å². The molecule has 2 fully saturated rings. The number of piperidine rings is 1. The fourth-order valence-electron chi connectivity index (χ4n) is 3.61. The molecular formula is C17H26N2O2S. The summed E-state index contributed by atoms with van der Waals surface area (Å²) in [6.45, 7) is 2.09. The van der Waals surface area contributed by atoms with E-state index >= 15 is 0 Å². The van der Waals surface area contributed by atoms with Gasteiger partial charge in [-0.15, -0.1) is 0 Å². The van der Waals surface area contributed by atoms with Gasteiger partial charge in [0.15, 0.2) is 0 Å². The molecule has 0 bridgehead atoms. The first kappa shape index (κ1) is 16.0. The minimum atomic E-state index is -3.25. The monoisotopic (exact) mass is 322 g/mol. The molecule has 1 aromatic rings. The minimum Gasteiger partial charge on any atom is -0.195 e. The third kappa shape index (κ3) is 3.53. The SMILES string of the molecule is O=S(=O)(N1CCCC1)N1CCCC[C@@H]1CCc1ccccc1. The van der Waals surface area contributed by atoms with Gasteiger partial charge in [-0.25, -0.2) is 0 Å². The number of benzene rings is 1. The van der Waals surface area contributed by atoms with Gasteiger partial charge in [0.25, 0.3) is 10.2 Å². The molecule has 2 aliphatic heterocycles. The van der Waals surface area contributed by atoms with Gasteiger partial charge in [0.2, 0.25) is 0 Å². The fourth-order valence-corrected chi connectivity index (χ4v) is 5.58. The van der Waals surface area contributed by atoms with Gasteiger partial charge in [-0.3, -0.25) is 0 Å². The fraction of sp³-hybridized carbons (Fsp3) is 0.647. The summed E-state index contributed by atoms with van der Waals surface area (Å²) >= 11 is 0. The van der Waals surface area contributed by atoms with E-state index in [4.69, 9.17) is 0 Å². The van der Waals surface area contributed by atoms with Gasteiger partial charge < -0.3 is 0 Å². The molecule has 0 N–H and O–H groups in total. The van der Waals surface area contributed by atoms with E-state index < -0.39 is 10.2 Å². The highest BCUT2D eigenvalue weighted by Gasteiger charge is 2.37. The normalized spacial score (nSPS) is 24.6. The summed E-state index contributed by atoms with van der Waals surface area (Å²) in [5.41, 5.74) is 1.30. The van der Waals surface area contributed by atoms with E-state index in [-0.39, 0.29) is 6.04 Å². The standard InChI is InChI=1S/C17H26N2O2S/c20-22(21,18-13-6-7-14-18)19-15-5-4-10-17(19)12-11-16-8-2-1-3-9-16/h1-3,8-9,17H,4-7,10-15H2/t17-/m1/s1. The maximum atomic E-state index is 12.9. The van der Waals surface area contributed by atoms with Gasteiger partial charge in [-0.2, -0.15) is 17.0 Å². The van der Waals surface area contributed by atoms with Crippen molar-refractivity contribution in [2.75, 3.05) is 19.6 Å². The molecule has 22 heavy (non-hydrogen) atoms. The number of nitrogens with zero attached hydrogens (tertiary/aromatic N) is 2. The second kappa shape index (κ2) is 7.11. The lowest BCUT2D eigenvalue weighted by atomic mass is 9.98. The topological polar surface area (TPSA) is 40.6 Å². The third-order valence-electron chi connectivity index (χ3n) is 4.87. The predicted molar refractivity (Wildman–Crippen MR) is 88.8 cm³/mol. The Balaban J connectivity index is 1.68. The van der Waals surface area contributed by atoms with Crippen LogP contribution in [0.25, 0.3) is 0 Å². The highest BCUT2D eigenvalue weighted by molar-refractivity contribution is 7.86. The van der Waals surface area contributed by atoms with Crippen LogP contribution in [-0.4, -0.2) is 42.7 Å². The van der Waals surface area contributed by atoms with E-state index in [0.29, 0.717) is 19.6 Å². The summed E-state index contributed by atoms with van der Waals surface area (Å²) in [6.07, 6.45) is 7.03. The van der Waals surface area contributed by atoms with Crippen LogP contribution in [-0.2, 0) is 16.6 Å². The molecule has 5 heteroatoms. The molecule has 0 aromatic heterocycles. The van der Waals surface area contributed by atoms with Gasteiger partial charge in [0.05, 0.1) is 0 Å². The summed E-state index contributed by atoms with van der Waals surface area (Å²) in [5, 5.41) is 0. The second-order valence-electron chi connectivity index (χ2n) is 6.40. The maximum Gasteiger partial charge on any atom is 0.282 e. The summed E-state index contributed by atoms with van der Waals surface area (Å²) in [7, 11) is -3.25. The molecule has 2 aliphatic rings. The van der Waals surface area contributed by atoms with Crippen molar-refractivity contribution in [2.24, 2.45) is 0 Å². The van der Waals surface area contributed by atoms with Crippen molar-refractivity contribution in [1.29, 1.82) is 0 Å². The Morgan fingerprint density at radius 2 is 1.64 bits per heavy atom.